The van der Waals surface area contributed by atoms with Gasteiger partial charge in [-0.05, 0) is 17.7 Å². The van der Waals surface area contributed by atoms with Crippen LogP contribution in [0.3, 0.4) is 0 Å². The van der Waals surface area contributed by atoms with Gasteiger partial charge in [-0.2, -0.15) is 0 Å². The molecule has 17 heavy (non-hydrogen) atoms. The summed E-state index contributed by atoms with van der Waals surface area (Å²) in [6, 6.07) is 7.23. The first-order valence-corrected chi connectivity index (χ1v) is 4.94. The van der Waals surface area contributed by atoms with Gasteiger partial charge in [0.1, 0.15) is 5.75 Å². The first kappa shape index (κ1) is 14.9. The highest BCUT2D eigenvalue weighted by molar-refractivity contribution is 5.87. The fourth-order valence-electron chi connectivity index (χ4n) is 0.990. The molecule has 0 aliphatic carbocycles. The van der Waals surface area contributed by atoms with Crippen molar-refractivity contribution in [2.24, 2.45) is 0 Å². The van der Waals surface area contributed by atoms with Gasteiger partial charge in [-0.15, -0.1) is 0 Å². The molecular formula is C11H15NO5. The number of phenolic OH excluding ortho intramolecular Hbond substituents is 1. The molecule has 0 atom stereocenters. The third-order valence-corrected chi connectivity index (χ3v) is 1.70. The fourth-order valence-corrected chi connectivity index (χ4v) is 0.990. The van der Waals surface area contributed by atoms with Crippen LogP contribution in [0.4, 0.5) is 0 Å². The van der Waals surface area contributed by atoms with Gasteiger partial charge >= 0.3 is 5.97 Å². The molecule has 0 aliphatic rings. The largest absolute Gasteiger partial charge is 0.550 e. The number of carbonyl (C=O) groups is 2. The van der Waals surface area contributed by atoms with Crippen molar-refractivity contribution in [3.63, 3.8) is 0 Å². The van der Waals surface area contributed by atoms with Crippen LogP contribution in [0.5, 0.6) is 5.75 Å². The second-order valence-electron chi connectivity index (χ2n) is 3.21. The van der Waals surface area contributed by atoms with Crippen LogP contribution in [0.25, 0.3) is 0 Å². The van der Waals surface area contributed by atoms with E-state index in [0.29, 0.717) is 5.75 Å². The molecule has 1 aromatic rings. The smallest absolute Gasteiger partial charge is 0.309 e. The monoisotopic (exact) mass is 241 g/mol. The van der Waals surface area contributed by atoms with Crippen LogP contribution in [0, 0.1) is 0 Å². The molecule has 0 fully saturated rings. The minimum atomic E-state index is -1.56. The summed E-state index contributed by atoms with van der Waals surface area (Å²) in [6.07, 6.45) is 0.0697. The molecule has 0 heterocycles. The number of quaternary nitrogens is 1. The molecule has 94 valence electrons. The molecule has 5 N–H and O–H groups in total. The molecule has 0 saturated heterocycles. The second-order valence-corrected chi connectivity index (χ2v) is 3.21. The van der Waals surface area contributed by atoms with Crippen LogP contribution >= 0.6 is 0 Å². The fraction of sp³-hybridized carbons (Fsp3) is 0.273. The number of aliphatic carboxylic acids is 2. The highest BCUT2D eigenvalue weighted by Gasteiger charge is 1.92. The Morgan fingerprint density at radius 3 is 2.06 bits per heavy atom. The minimum Gasteiger partial charge on any atom is -0.550 e. The molecule has 0 aliphatic heterocycles. The quantitative estimate of drug-likeness (QED) is 0.547. The maximum absolute atomic E-state index is 9.39. The molecule has 0 spiro atoms. The molecule has 1 aromatic carbocycles. The second kappa shape index (κ2) is 8.12. The molecule has 0 saturated carbocycles. The lowest BCUT2D eigenvalue weighted by Crippen LogP contribution is -2.51. The van der Waals surface area contributed by atoms with E-state index in [4.69, 9.17) is 10.2 Å². The summed E-state index contributed by atoms with van der Waals surface area (Å²) >= 11 is 0. The van der Waals surface area contributed by atoms with Crippen LogP contribution in [0.2, 0.25) is 0 Å². The van der Waals surface area contributed by atoms with Gasteiger partial charge in [0.05, 0.1) is 18.9 Å². The van der Waals surface area contributed by atoms with Crippen molar-refractivity contribution >= 4 is 11.9 Å². The maximum atomic E-state index is 9.39. The van der Waals surface area contributed by atoms with Crippen LogP contribution < -0.4 is 10.8 Å². The Kier molecular flexibility index (Phi) is 7.12. The van der Waals surface area contributed by atoms with E-state index in [1.54, 1.807) is 12.1 Å². The number of carbonyl (C=O) groups excluding carboxylic acids is 1. The Balaban J connectivity index is 0.000000325. The molecule has 6 nitrogen and oxygen atoms in total. The number of hydrogen-bond donors (Lipinski definition) is 3. The van der Waals surface area contributed by atoms with Crippen molar-refractivity contribution in [2.75, 3.05) is 6.54 Å². The van der Waals surface area contributed by atoms with E-state index in [1.807, 2.05) is 12.1 Å². The lowest BCUT2D eigenvalue weighted by molar-refractivity contribution is -0.366. The van der Waals surface area contributed by atoms with Crippen LogP contribution in [-0.4, -0.2) is 28.7 Å². The Labute approximate surface area is 98.3 Å². The summed E-state index contributed by atoms with van der Waals surface area (Å²) < 4.78 is 0. The first-order chi connectivity index (χ1) is 7.95. The van der Waals surface area contributed by atoms with Crippen molar-refractivity contribution in [1.29, 1.82) is 0 Å². The lowest BCUT2D eigenvalue weighted by Gasteiger charge is -1.95. The molecule has 0 aromatic heterocycles. The Morgan fingerprint density at radius 2 is 1.76 bits per heavy atom. The zero-order chi connectivity index (χ0) is 13.3. The molecule has 0 bridgehead atoms. The molecule has 1 rings (SSSR count). The first-order valence-electron chi connectivity index (χ1n) is 4.94. The van der Waals surface area contributed by atoms with Gasteiger partial charge < -0.3 is 25.8 Å². The van der Waals surface area contributed by atoms with Gasteiger partial charge in [-0.1, -0.05) is 12.1 Å². The van der Waals surface area contributed by atoms with Gasteiger partial charge in [0, 0.05) is 6.42 Å². The number of rotatable bonds is 4. The predicted molar refractivity (Wildman–Crippen MR) is 56.8 cm³/mol. The Morgan fingerprint density at radius 1 is 1.24 bits per heavy atom. The van der Waals surface area contributed by atoms with Crippen molar-refractivity contribution in [2.45, 2.75) is 12.8 Å². The lowest BCUT2D eigenvalue weighted by atomic mass is 10.1. The van der Waals surface area contributed by atoms with E-state index in [-0.39, 0.29) is 0 Å². The number of carboxylic acids is 2. The highest BCUT2D eigenvalue weighted by atomic mass is 16.4. The van der Waals surface area contributed by atoms with Crippen molar-refractivity contribution in [3.8, 4) is 5.75 Å². The topological polar surface area (TPSA) is 125 Å². The van der Waals surface area contributed by atoms with E-state index in [0.717, 1.165) is 13.0 Å². The SMILES string of the molecule is O=C([O-])CC(=O)O.[NH3+]CCc1ccc(O)cc1. The third-order valence-electron chi connectivity index (χ3n) is 1.70. The van der Waals surface area contributed by atoms with Crippen LogP contribution in [-0.2, 0) is 16.0 Å². The molecule has 0 unspecified atom stereocenters. The van der Waals surface area contributed by atoms with Gasteiger partial charge in [-0.25, -0.2) is 0 Å². The molecule has 0 amide bonds. The van der Waals surface area contributed by atoms with Crippen molar-refractivity contribution in [3.05, 3.63) is 29.8 Å². The minimum absolute atomic E-state index is 0.327. The van der Waals surface area contributed by atoms with E-state index >= 15 is 0 Å². The summed E-state index contributed by atoms with van der Waals surface area (Å²) in [5.41, 5.74) is 4.97. The predicted octanol–water partition coefficient (Wildman–Crippen LogP) is -1.61. The van der Waals surface area contributed by atoms with Gasteiger partial charge in [0.25, 0.3) is 0 Å². The zero-order valence-corrected chi connectivity index (χ0v) is 9.26. The third kappa shape index (κ3) is 8.88. The molecular weight excluding hydrogens is 226 g/mol. The number of carboxylic acid groups (broad SMARTS) is 2. The molecule has 0 radical (unpaired) electrons. The van der Waals surface area contributed by atoms with Crippen LogP contribution in [0.1, 0.15) is 12.0 Å². The summed E-state index contributed by atoms with van der Waals surface area (Å²) in [5, 5.41) is 25.9. The number of hydrogen-bond acceptors (Lipinski definition) is 4. The van der Waals surface area contributed by atoms with Gasteiger partial charge in [0.2, 0.25) is 0 Å². The van der Waals surface area contributed by atoms with E-state index in [9.17, 15) is 14.7 Å². The van der Waals surface area contributed by atoms with Crippen molar-refractivity contribution in [1.82, 2.24) is 0 Å². The Hall–Kier alpha value is -2.08. The normalized spacial score (nSPS) is 9.00. The summed E-state index contributed by atoms with van der Waals surface area (Å²) in [5.74, 6) is -2.61. The van der Waals surface area contributed by atoms with Crippen molar-refractivity contribution < 1.29 is 30.6 Å². The maximum Gasteiger partial charge on any atom is 0.309 e. The number of aromatic hydroxyl groups is 1. The zero-order valence-electron chi connectivity index (χ0n) is 9.26. The number of benzene rings is 1. The summed E-state index contributed by atoms with van der Waals surface area (Å²) in [4.78, 5) is 18.7. The summed E-state index contributed by atoms with van der Waals surface area (Å²) in [7, 11) is 0. The van der Waals surface area contributed by atoms with E-state index in [1.165, 1.54) is 5.56 Å². The van der Waals surface area contributed by atoms with Crippen LogP contribution in [0.15, 0.2) is 24.3 Å². The van der Waals surface area contributed by atoms with Gasteiger partial charge in [0.15, 0.2) is 0 Å². The molecule has 6 heteroatoms. The number of phenols is 1. The van der Waals surface area contributed by atoms with E-state index in [2.05, 4.69) is 5.73 Å². The average molecular weight is 241 g/mol. The van der Waals surface area contributed by atoms with Gasteiger partial charge in [-0.3, -0.25) is 4.79 Å². The Bertz CT molecular complexity index is 349. The standard InChI is InChI=1S/C8H11NO.C3H4O4/c9-6-5-7-1-3-8(10)4-2-7;4-2(5)1-3(6)7/h1-4,10H,5-6,9H2;1H2,(H,4,5)(H,6,7). The highest BCUT2D eigenvalue weighted by Crippen LogP contribution is 2.08. The van der Waals surface area contributed by atoms with E-state index < -0.39 is 18.4 Å². The summed E-state index contributed by atoms with van der Waals surface area (Å²) in [6.45, 7) is 0.908. The average Bonchev–Trinajstić information content (AvgIpc) is 2.20.